The lowest BCUT2D eigenvalue weighted by molar-refractivity contribution is -0.148. The summed E-state index contributed by atoms with van der Waals surface area (Å²) >= 11 is 0. The van der Waals surface area contributed by atoms with E-state index in [2.05, 4.69) is 0 Å². The van der Waals surface area contributed by atoms with Crippen molar-refractivity contribution in [2.24, 2.45) is 11.8 Å². The smallest absolute Gasteiger partial charge is 0.310 e. The molecule has 4 aliphatic heterocycles. The molecule has 4 aliphatic rings. The largest absolute Gasteiger partial charge is 0.481 e. The van der Waals surface area contributed by atoms with Crippen LogP contribution in [-0.4, -0.2) is 46.9 Å². The summed E-state index contributed by atoms with van der Waals surface area (Å²) in [7, 11) is 0. The molecule has 7 heteroatoms. The Balaban J connectivity index is 1.42. The van der Waals surface area contributed by atoms with Crippen molar-refractivity contribution < 1.29 is 28.9 Å². The van der Waals surface area contributed by atoms with E-state index in [1.54, 1.807) is 11.0 Å². The first kappa shape index (κ1) is 13.9. The van der Waals surface area contributed by atoms with Crippen molar-refractivity contribution in [2.45, 2.75) is 18.2 Å². The second-order valence-electron chi connectivity index (χ2n) is 6.62. The Morgan fingerprint density at radius 2 is 2.17 bits per heavy atom. The molecule has 0 aromatic heterocycles. The van der Waals surface area contributed by atoms with E-state index in [9.17, 15) is 14.7 Å². The van der Waals surface area contributed by atoms with E-state index >= 15 is 0 Å². The number of likely N-dealkylation sites (tertiary alicyclic amines) is 1. The van der Waals surface area contributed by atoms with Crippen LogP contribution in [0.5, 0.6) is 11.5 Å². The van der Waals surface area contributed by atoms with Crippen LogP contribution in [0.1, 0.15) is 5.56 Å². The highest BCUT2D eigenvalue weighted by Crippen LogP contribution is 2.52. The number of fused-ring (bicyclic) bond motifs is 2. The van der Waals surface area contributed by atoms with E-state index in [0.717, 1.165) is 5.56 Å². The predicted octanol–water partition coefficient (Wildman–Crippen LogP) is 0.782. The average molecular weight is 329 g/mol. The lowest BCUT2D eigenvalue weighted by atomic mass is 9.77. The van der Waals surface area contributed by atoms with Crippen molar-refractivity contribution in [1.29, 1.82) is 0 Å². The van der Waals surface area contributed by atoms with Gasteiger partial charge in [0.05, 0.1) is 18.6 Å². The van der Waals surface area contributed by atoms with Gasteiger partial charge in [-0.15, -0.1) is 0 Å². The van der Waals surface area contributed by atoms with Crippen molar-refractivity contribution in [3.63, 3.8) is 0 Å². The third-order valence-electron chi connectivity index (χ3n) is 5.27. The first-order valence-corrected chi connectivity index (χ1v) is 7.85. The number of benzene rings is 1. The number of hydrogen-bond donors (Lipinski definition) is 1. The Hall–Kier alpha value is -2.54. The molecule has 4 heterocycles. The highest BCUT2D eigenvalue weighted by Gasteiger charge is 2.66. The van der Waals surface area contributed by atoms with Gasteiger partial charge in [-0.2, -0.15) is 0 Å². The molecule has 2 fully saturated rings. The summed E-state index contributed by atoms with van der Waals surface area (Å²) in [5.41, 5.74) is 0.121. The summed E-state index contributed by atoms with van der Waals surface area (Å²) in [6.07, 6.45) is 3.13. The molecule has 5 rings (SSSR count). The van der Waals surface area contributed by atoms with E-state index in [4.69, 9.17) is 14.2 Å². The summed E-state index contributed by atoms with van der Waals surface area (Å²) < 4.78 is 16.5. The minimum absolute atomic E-state index is 0.160. The van der Waals surface area contributed by atoms with E-state index in [0.29, 0.717) is 24.6 Å². The predicted molar refractivity (Wildman–Crippen MR) is 79.3 cm³/mol. The number of nitrogens with zero attached hydrogens (tertiary/aromatic N) is 1. The van der Waals surface area contributed by atoms with Crippen LogP contribution < -0.4 is 9.47 Å². The minimum Gasteiger partial charge on any atom is -0.481 e. The van der Waals surface area contributed by atoms with Gasteiger partial charge >= 0.3 is 5.97 Å². The molecule has 1 N–H and O–H groups in total. The number of rotatable bonds is 3. The van der Waals surface area contributed by atoms with Crippen LogP contribution in [-0.2, 0) is 20.9 Å². The SMILES string of the molecule is O=C(O)[C@H]1[C@@H]2C=C[C@]3(CN(Cc4ccc5c(c4)OCO5)C(=O)[C@@H]13)O2. The van der Waals surface area contributed by atoms with E-state index in [1.807, 2.05) is 24.3 Å². The van der Waals surface area contributed by atoms with Crippen molar-refractivity contribution in [1.82, 2.24) is 4.90 Å². The van der Waals surface area contributed by atoms with Crippen molar-refractivity contribution >= 4 is 11.9 Å². The number of carboxylic acid groups (broad SMARTS) is 1. The number of amides is 1. The zero-order valence-corrected chi connectivity index (χ0v) is 12.7. The Morgan fingerprint density at radius 3 is 3.00 bits per heavy atom. The summed E-state index contributed by atoms with van der Waals surface area (Å²) in [6.45, 7) is 0.969. The lowest BCUT2D eigenvalue weighted by Crippen LogP contribution is -2.39. The van der Waals surface area contributed by atoms with Crippen LogP contribution in [0, 0.1) is 11.8 Å². The van der Waals surface area contributed by atoms with Crippen LogP contribution in [0.25, 0.3) is 0 Å². The molecule has 0 aliphatic carbocycles. The Labute approximate surface area is 137 Å². The normalized spacial score (nSPS) is 34.9. The first-order valence-electron chi connectivity index (χ1n) is 7.85. The summed E-state index contributed by atoms with van der Waals surface area (Å²) in [4.78, 5) is 26.0. The van der Waals surface area contributed by atoms with Crippen LogP contribution in [0.2, 0.25) is 0 Å². The topological polar surface area (TPSA) is 85.3 Å². The molecule has 1 aromatic rings. The number of carboxylic acids is 1. The molecule has 7 nitrogen and oxygen atoms in total. The fourth-order valence-corrected chi connectivity index (χ4v) is 4.25. The number of carbonyl (C=O) groups excluding carboxylic acids is 1. The fraction of sp³-hybridized carbons (Fsp3) is 0.412. The maximum absolute atomic E-state index is 12.8. The summed E-state index contributed by atoms with van der Waals surface area (Å²) in [5.74, 6) is -1.22. The first-order chi connectivity index (χ1) is 11.6. The maximum Gasteiger partial charge on any atom is 0.310 e. The lowest BCUT2D eigenvalue weighted by Gasteiger charge is -2.21. The molecule has 24 heavy (non-hydrogen) atoms. The summed E-state index contributed by atoms with van der Waals surface area (Å²) in [6, 6.07) is 5.55. The highest BCUT2D eigenvalue weighted by atomic mass is 16.7. The molecule has 4 atom stereocenters. The molecular formula is C17H15NO6. The van der Waals surface area contributed by atoms with E-state index < -0.39 is 29.5 Å². The molecule has 1 amide bonds. The number of ether oxygens (including phenoxy) is 3. The second-order valence-corrected chi connectivity index (χ2v) is 6.62. The molecule has 1 aromatic carbocycles. The maximum atomic E-state index is 12.8. The van der Waals surface area contributed by atoms with E-state index in [1.165, 1.54) is 0 Å². The molecule has 0 radical (unpaired) electrons. The Morgan fingerprint density at radius 1 is 1.33 bits per heavy atom. The summed E-state index contributed by atoms with van der Waals surface area (Å²) in [5, 5.41) is 9.46. The highest BCUT2D eigenvalue weighted by molar-refractivity contribution is 5.90. The van der Waals surface area contributed by atoms with Gasteiger partial charge in [0.2, 0.25) is 12.7 Å². The minimum atomic E-state index is -0.977. The quantitative estimate of drug-likeness (QED) is 0.825. The zero-order valence-electron chi connectivity index (χ0n) is 12.7. The second kappa shape index (κ2) is 4.51. The molecular weight excluding hydrogens is 314 g/mol. The molecule has 2 bridgehead atoms. The van der Waals surface area contributed by atoms with Gasteiger partial charge in [0, 0.05) is 6.54 Å². The van der Waals surface area contributed by atoms with Gasteiger partial charge in [-0.05, 0) is 17.7 Å². The average Bonchev–Trinajstić information content (AvgIpc) is 3.28. The Kier molecular flexibility index (Phi) is 2.60. The van der Waals surface area contributed by atoms with Crippen LogP contribution in [0.3, 0.4) is 0 Å². The van der Waals surface area contributed by atoms with Gasteiger partial charge in [0.25, 0.3) is 0 Å². The third kappa shape index (κ3) is 1.70. The molecule has 1 spiro atoms. The van der Waals surface area contributed by atoms with Crippen LogP contribution >= 0.6 is 0 Å². The number of aliphatic carboxylic acids is 1. The van der Waals surface area contributed by atoms with Crippen molar-refractivity contribution in [2.75, 3.05) is 13.3 Å². The van der Waals surface area contributed by atoms with Gasteiger partial charge in [0.15, 0.2) is 11.5 Å². The van der Waals surface area contributed by atoms with Gasteiger partial charge in [-0.3, -0.25) is 9.59 Å². The van der Waals surface area contributed by atoms with Gasteiger partial charge in [-0.1, -0.05) is 18.2 Å². The van der Waals surface area contributed by atoms with E-state index in [-0.39, 0.29) is 12.7 Å². The van der Waals surface area contributed by atoms with Crippen LogP contribution in [0.15, 0.2) is 30.4 Å². The van der Waals surface area contributed by atoms with Gasteiger partial charge in [-0.25, -0.2) is 0 Å². The van der Waals surface area contributed by atoms with Gasteiger partial charge in [0.1, 0.15) is 11.5 Å². The fourth-order valence-electron chi connectivity index (χ4n) is 4.25. The molecule has 0 unspecified atom stereocenters. The standard InChI is InChI=1S/C17H15NO6/c19-15-14-13(16(20)21)11-3-4-17(14,24-11)7-18(15)6-9-1-2-10-12(5-9)23-8-22-10/h1-5,11,13-14H,6-8H2,(H,20,21)/t11-,13-,14+,17+/m0/s1. The van der Waals surface area contributed by atoms with Crippen LogP contribution in [0.4, 0.5) is 0 Å². The molecule has 2 saturated heterocycles. The monoisotopic (exact) mass is 329 g/mol. The zero-order chi connectivity index (χ0) is 16.5. The Bertz CT molecular complexity index is 789. The third-order valence-corrected chi connectivity index (χ3v) is 5.27. The molecule has 124 valence electrons. The van der Waals surface area contributed by atoms with Crippen molar-refractivity contribution in [3.8, 4) is 11.5 Å². The molecule has 0 saturated carbocycles. The van der Waals surface area contributed by atoms with Gasteiger partial charge < -0.3 is 24.2 Å². The number of hydrogen-bond acceptors (Lipinski definition) is 5. The number of carbonyl (C=O) groups is 2. The van der Waals surface area contributed by atoms with Crippen molar-refractivity contribution in [3.05, 3.63) is 35.9 Å².